The highest BCUT2D eigenvalue weighted by molar-refractivity contribution is 5.78. The van der Waals surface area contributed by atoms with Crippen LogP contribution in [0.2, 0.25) is 0 Å². The summed E-state index contributed by atoms with van der Waals surface area (Å²) in [5, 5.41) is 3.14. The van der Waals surface area contributed by atoms with Gasteiger partial charge in [0.1, 0.15) is 0 Å². The molecule has 1 unspecified atom stereocenters. The maximum absolute atomic E-state index is 13.3. The highest BCUT2D eigenvalue weighted by Gasteiger charge is 2.41. The number of nitrogens with one attached hydrogen (secondary N) is 1. The van der Waals surface area contributed by atoms with Gasteiger partial charge in [-0.25, -0.2) is 4.98 Å². The Morgan fingerprint density at radius 2 is 2.04 bits per heavy atom. The van der Waals surface area contributed by atoms with Gasteiger partial charge >= 0.3 is 6.18 Å². The summed E-state index contributed by atoms with van der Waals surface area (Å²) in [5.41, 5.74) is 1.20. The molecule has 1 atom stereocenters. The molecule has 0 aliphatic carbocycles. The Kier molecular flexibility index (Phi) is 6.10. The molecule has 1 aromatic rings. The number of hydrogen-bond donors (Lipinski definition) is 1. The van der Waals surface area contributed by atoms with Crippen molar-refractivity contribution in [1.29, 1.82) is 0 Å². The number of piperidine rings is 1. The highest BCUT2D eigenvalue weighted by Crippen LogP contribution is 2.36. The molecule has 1 amide bonds. The minimum Gasteiger partial charge on any atom is -0.385 e. The van der Waals surface area contributed by atoms with Gasteiger partial charge in [-0.05, 0) is 19.3 Å². The first-order chi connectivity index (χ1) is 12.8. The van der Waals surface area contributed by atoms with E-state index in [-0.39, 0.29) is 24.3 Å². The van der Waals surface area contributed by atoms with E-state index in [1.165, 1.54) is 4.57 Å². The zero-order valence-electron chi connectivity index (χ0n) is 15.8. The van der Waals surface area contributed by atoms with E-state index in [4.69, 9.17) is 4.74 Å². The van der Waals surface area contributed by atoms with Crippen LogP contribution < -0.4 is 5.32 Å². The van der Waals surface area contributed by atoms with Crippen LogP contribution in [0.25, 0.3) is 0 Å². The number of alkyl halides is 3. The van der Waals surface area contributed by atoms with Gasteiger partial charge in [-0.3, -0.25) is 4.79 Å². The van der Waals surface area contributed by atoms with E-state index >= 15 is 0 Å². The zero-order valence-corrected chi connectivity index (χ0v) is 15.8. The third-order valence-corrected chi connectivity index (χ3v) is 5.53. The molecule has 1 saturated heterocycles. The van der Waals surface area contributed by atoms with Crippen molar-refractivity contribution in [1.82, 2.24) is 19.8 Å². The van der Waals surface area contributed by atoms with Crippen LogP contribution in [0, 0.1) is 5.92 Å². The molecule has 0 aromatic carbocycles. The molecule has 6 nitrogen and oxygen atoms in total. The number of halogens is 3. The van der Waals surface area contributed by atoms with Crippen LogP contribution >= 0.6 is 0 Å². The molecule has 27 heavy (non-hydrogen) atoms. The Balaban J connectivity index is 1.70. The number of rotatable bonds is 5. The summed E-state index contributed by atoms with van der Waals surface area (Å²) in [7, 11) is 1.61. The number of amides is 1. The van der Waals surface area contributed by atoms with Crippen molar-refractivity contribution < 1.29 is 22.7 Å². The van der Waals surface area contributed by atoms with Crippen LogP contribution in [0.1, 0.15) is 49.3 Å². The van der Waals surface area contributed by atoms with Gasteiger partial charge in [0.15, 0.2) is 0 Å². The van der Waals surface area contributed by atoms with Crippen molar-refractivity contribution in [3.05, 3.63) is 17.2 Å². The number of likely N-dealkylation sites (tertiary alicyclic amines) is 1. The number of ether oxygens (including phenoxy) is 1. The number of carbonyl (C=O) groups excluding carboxylic acids is 1. The summed E-state index contributed by atoms with van der Waals surface area (Å²) in [6, 6.07) is 0. The van der Waals surface area contributed by atoms with Crippen LogP contribution in [0.3, 0.4) is 0 Å². The molecule has 1 aromatic heterocycles. The number of imidazole rings is 1. The van der Waals surface area contributed by atoms with Crippen molar-refractivity contribution in [2.45, 2.75) is 51.4 Å². The van der Waals surface area contributed by atoms with E-state index in [9.17, 15) is 18.0 Å². The average molecular weight is 388 g/mol. The molecule has 0 bridgehead atoms. The molecular weight excluding hydrogens is 361 g/mol. The maximum atomic E-state index is 13.3. The minimum absolute atomic E-state index is 0.0411. The third-order valence-electron chi connectivity index (χ3n) is 5.53. The number of nitrogens with zero attached hydrogens (tertiary/aromatic N) is 3. The number of carbonyl (C=O) groups is 1. The monoisotopic (exact) mass is 388 g/mol. The van der Waals surface area contributed by atoms with Crippen LogP contribution in [-0.4, -0.2) is 53.7 Å². The first-order valence-electron chi connectivity index (χ1n) is 9.47. The Morgan fingerprint density at radius 3 is 2.67 bits per heavy atom. The van der Waals surface area contributed by atoms with Gasteiger partial charge in [-0.1, -0.05) is 6.92 Å². The van der Waals surface area contributed by atoms with Crippen LogP contribution in [0.15, 0.2) is 0 Å². The molecular formula is C18H27F3N4O2. The molecule has 2 aliphatic rings. The van der Waals surface area contributed by atoms with Gasteiger partial charge in [0.25, 0.3) is 0 Å². The lowest BCUT2D eigenvalue weighted by Gasteiger charge is -2.33. The Morgan fingerprint density at radius 1 is 1.33 bits per heavy atom. The van der Waals surface area contributed by atoms with Gasteiger partial charge in [0, 0.05) is 58.3 Å². The molecule has 0 spiro atoms. The van der Waals surface area contributed by atoms with E-state index in [1.54, 1.807) is 7.11 Å². The van der Waals surface area contributed by atoms with E-state index in [2.05, 4.69) is 10.3 Å². The van der Waals surface area contributed by atoms with Gasteiger partial charge in [0.05, 0.1) is 11.4 Å². The number of hydrogen-bond acceptors (Lipinski definition) is 4. The lowest BCUT2D eigenvalue weighted by Crippen LogP contribution is -2.41. The first-order valence-corrected chi connectivity index (χ1v) is 9.47. The zero-order chi connectivity index (χ0) is 19.6. The Bertz CT molecular complexity index is 666. The molecule has 9 heteroatoms. The summed E-state index contributed by atoms with van der Waals surface area (Å²) in [6.07, 6.45) is -2.49. The van der Waals surface area contributed by atoms with Crippen molar-refractivity contribution in [3.63, 3.8) is 0 Å². The van der Waals surface area contributed by atoms with Crippen LogP contribution in [0.4, 0.5) is 13.2 Å². The summed E-state index contributed by atoms with van der Waals surface area (Å²) in [4.78, 5) is 18.3. The van der Waals surface area contributed by atoms with Crippen LogP contribution in [0.5, 0.6) is 0 Å². The van der Waals surface area contributed by atoms with Gasteiger partial charge < -0.3 is 19.5 Å². The van der Waals surface area contributed by atoms with E-state index in [0.717, 1.165) is 0 Å². The molecule has 2 aliphatic heterocycles. The first kappa shape index (κ1) is 20.1. The lowest BCUT2D eigenvalue weighted by molar-refractivity contribution is -0.147. The van der Waals surface area contributed by atoms with Crippen molar-refractivity contribution in [3.8, 4) is 0 Å². The summed E-state index contributed by atoms with van der Waals surface area (Å²) >= 11 is 0. The Hall–Kier alpha value is -1.61. The predicted molar refractivity (Wildman–Crippen MR) is 93.1 cm³/mol. The van der Waals surface area contributed by atoms with Crippen molar-refractivity contribution >= 4 is 5.91 Å². The summed E-state index contributed by atoms with van der Waals surface area (Å²) in [6.45, 7) is 4.75. The van der Waals surface area contributed by atoms with E-state index < -0.39 is 12.0 Å². The third kappa shape index (κ3) is 4.29. The Labute approximate surface area is 157 Å². The SMILES string of the molecule is COCCC(C)C(=O)N1CCC(c2nc(C(F)(F)F)n3c2CNCC3)CC1. The largest absolute Gasteiger partial charge is 0.449 e. The van der Waals surface area contributed by atoms with Gasteiger partial charge in [-0.15, -0.1) is 0 Å². The van der Waals surface area contributed by atoms with Gasteiger partial charge in [-0.2, -0.15) is 13.2 Å². The lowest BCUT2D eigenvalue weighted by atomic mass is 9.91. The fourth-order valence-corrected chi connectivity index (χ4v) is 3.98. The fraction of sp³-hybridized carbons (Fsp3) is 0.778. The molecule has 0 saturated carbocycles. The predicted octanol–water partition coefficient (Wildman–Crippen LogP) is 2.38. The normalized spacial score (nSPS) is 19.8. The standard InChI is InChI=1S/C18H27F3N4O2/c1-12(5-10-27-2)16(26)24-7-3-13(4-8-24)15-14-11-22-6-9-25(14)17(23-15)18(19,20)21/h12-13,22H,3-11H2,1-2H3. The second-order valence-electron chi connectivity index (χ2n) is 7.38. The minimum atomic E-state index is -4.45. The number of methoxy groups -OCH3 is 1. The maximum Gasteiger partial charge on any atom is 0.449 e. The second-order valence-corrected chi connectivity index (χ2v) is 7.38. The topological polar surface area (TPSA) is 59.4 Å². The molecule has 3 heterocycles. The summed E-state index contributed by atoms with van der Waals surface area (Å²) < 4.78 is 46.4. The highest BCUT2D eigenvalue weighted by atomic mass is 19.4. The second kappa shape index (κ2) is 8.18. The fourth-order valence-electron chi connectivity index (χ4n) is 3.98. The smallest absolute Gasteiger partial charge is 0.385 e. The summed E-state index contributed by atoms with van der Waals surface area (Å²) in [5.74, 6) is -0.848. The van der Waals surface area contributed by atoms with Gasteiger partial charge in [0.2, 0.25) is 11.7 Å². The van der Waals surface area contributed by atoms with Crippen LogP contribution in [-0.2, 0) is 28.8 Å². The van der Waals surface area contributed by atoms with E-state index in [0.29, 0.717) is 63.4 Å². The molecule has 1 N–H and O–H groups in total. The van der Waals surface area contributed by atoms with Crippen molar-refractivity contribution in [2.75, 3.05) is 33.4 Å². The number of aromatic nitrogens is 2. The molecule has 1 fully saturated rings. The molecule has 3 rings (SSSR count). The molecule has 152 valence electrons. The van der Waals surface area contributed by atoms with Crippen molar-refractivity contribution in [2.24, 2.45) is 5.92 Å². The van der Waals surface area contributed by atoms with E-state index in [1.807, 2.05) is 11.8 Å². The molecule has 0 radical (unpaired) electrons. The quantitative estimate of drug-likeness (QED) is 0.842. The average Bonchev–Trinajstić information content (AvgIpc) is 3.06. The number of fused-ring (bicyclic) bond motifs is 1.